The van der Waals surface area contributed by atoms with Gasteiger partial charge >= 0.3 is 0 Å². The third-order valence-electron chi connectivity index (χ3n) is 2.64. The number of rotatable bonds is 2. The fourth-order valence-corrected chi connectivity index (χ4v) is 1.77. The summed E-state index contributed by atoms with van der Waals surface area (Å²) in [5.41, 5.74) is 3.14. The first-order valence-corrected chi connectivity index (χ1v) is 5.49. The van der Waals surface area contributed by atoms with Crippen LogP contribution in [-0.2, 0) is 0 Å². The Bertz CT molecular complexity index is 583. The predicted molar refractivity (Wildman–Crippen MR) is 67.4 cm³/mol. The Labute approximate surface area is 99.6 Å². The van der Waals surface area contributed by atoms with Crippen LogP contribution in [0, 0.1) is 0 Å². The van der Waals surface area contributed by atoms with Gasteiger partial charge in [-0.1, -0.05) is 36.4 Å². The average molecular weight is 221 g/mol. The van der Waals surface area contributed by atoms with E-state index in [9.17, 15) is 0 Å². The molecule has 0 unspecified atom stereocenters. The molecule has 2 heteroatoms. The summed E-state index contributed by atoms with van der Waals surface area (Å²) in [6, 6.07) is 18.0. The second-order valence-electron chi connectivity index (χ2n) is 3.78. The molecular formula is C15H11NO. The summed E-state index contributed by atoms with van der Waals surface area (Å²) in [6.07, 6.45) is 3.52. The highest BCUT2D eigenvalue weighted by atomic mass is 16.3. The van der Waals surface area contributed by atoms with E-state index in [1.165, 1.54) is 5.56 Å². The molecule has 0 spiro atoms. The number of pyridine rings is 1. The van der Waals surface area contributed by atoms with E-state index in [1.54, 1.807) is 6.26 Å². The number of hydrogen-bond donors (Lipinski definition) is 0. The van der Waals surface area contributed by atoms with Gasteiger partial charge in [0.2, 0.25) is 0 Å². The van der Waals surface area contributed by atoms with Crippen LogP contribution in [0.15, 0.2) is 71.5 Å². The third kappa shape index (κ3) is 1.97. The van der Waals surface area contributed by atoms with Gasteiger partial charge in [0.15, 0.2) is 5.76 Å². The fourth-order valence-electron chi connectivity index (χ4n) is 1.77. The summed E-state index contributed by atoms with van der Waals surface area (Å²) in [5, 5.41) is 0. The van der Waals surface area contributed by atoms with Gasteiger partial charge in [-0.3, -0.25) is 4.98 Å². The first-order chi connectivity index (χ1) is 8.43. The second-order valence-corrected chi connectivity index (χ2v) is 3.78. The van der Waals surface area contributed by atoms with Crippen LogP contribution >= 0.6 is 0 Å². The molecule has 82 valence electrons. The highest BCUT2D eigenvalue weighted by Gasteiger charge is 2.02. The van der Waals surface area contributed by atoms with Gasteiger partial charge in [-0.25, -0.2) is 0 Å². The van der Waals surface area contributed by atoms with E-state index in [1.807, 2.05) is 42.6 Å². The van der Waals surface area contributed by atoms with Gasteiger partial charge in [-0.2, -0.15) is 0 Å². The molecule has 0 radical (unpaired) electrons. The SMILES string of the molecule is c1ccc(-c2ccc(-c3ccco3)nc2)cc1. The van der Waals surface area contributed by atoms with E-state index in [4.69, 9.17) is 4.42 Å². The molecule has 0 N–H and O–H groups in total. The monoisotopic (exact) mass is 221 g/mol. The van der Waals surface area contributed by atoms with Crippen LogP contribution in [0.25, 0.3) is 22.6 Å². The Kier molecular flexibility index (Phi) is 2.47. The van der Waals surface area contributed by atoms with Gasteiger partial charge < -0.3 is 4.42 Å². The number of benzene rings is 1. The topological polar surface area (TPSA) is 26.0 Å². The summed E-state index contributed by atoms with van der Waals surface area (Å²) in [5.74, 6) is 0.796. The summed E-state index contributed by atoms with van der Waals surface area (Å²) in [6.45, 7) is 0. The molecule has 0 bridgehead atoms. The smallest absolute Gasteiger partial charge is 0.152 e. The Morgan fingerprint density at radius 2 is 1.65 bits per heavy atom. The zero-order valence-electron chi connectivity index (χ0n) is 9.21. The molecule has 1 aromatic carbocycles. The molecule has 17 heavy (non-hydrogen) atoms. The first kappa shape index (κ1) is 9.85. The number of furan rings is 1. The third-order valence-corrected chi connectivity index (χ3v) is 2.64. The maximum Gasteiger partial charge on any atom is 0.152 e. The maximum absolute atomic E-state index is 5.30. The second kappa shape index (κ2) is 4.26. The summed E-state index contributed by atoms with van der Waals surface area (Å²) in [4.78, 5) is 4.40. The standard InChI is InChI=1S/C15H11NO/c1-2-5-12(6-3-1)13-8-9-14(16-11-13)15-7-4-10-17-15/h1-11H. The van der Waals surface area contributed by atoms with Crippen molar-refractivity contribution in [3.8, 4) is 22.6 Å². The van der Waals surface area contributed by atoms with Crippen LogP contribution in [0.4, 0.5) is 0 Å². The summed E-state index contributed by atoms with van der Waals surface area (Å²) in [7, 11) is 0. The van der Waals surface area contributed by atoms with Crippen molar-refractivity contribution in [1.82, 2.24) is 4.98 Å². The predicted octanol–water partition coefficient (Wildman–Crippen LogP) is 4.01. The highest BCUT2D eigenvalue weighted by Crippen LogP contribution is 2.22. The zero-order chi connectivity index (χ0) is 11.5. The molecule has 2 heterocycles. The van der Waals surface area contributed by atoms with Gasteiger partial charge in [0, 0.05) is 11.8 Å². The number of hydrogen-bond acceptors (Lipinski definition) is 2. The average Bonchev–Trinajstić information content (AvgIpc) is 2.94. The molecule has 3 rings (SSSR count). The quantitative estimate of drug-likeness (QED) is 0.653. The van der Waals surface area contributed by atoms with E-state index in [0.717, 1.165) is 17.0 Å². The van der Waals surface area contributed by atoms with Crippen molar-refractivity contribution >= 4 is 0 Å². The molecule has 0 saturated heterocycles. The molecule has 3 aromatic rings. The van der Waals surface area contributed by atoms with Crippen molar-refractivity contribution in [2.24, 2.45) is 0 Å². The van der Waals surface area contributed by atoms with Crippen LogP contribution in [0.1, 0.15) is 0 Å². The lowest BCUT2D eigenvalue weighted by molar-refractivity contribution is 0.580. The van der Waals surface area contributed by atoms with E-state index in [-0.39, 0.29) is 0 Å². The molecule has 0 amide bonds. The van der Waals surface area contributed by atoms with Crippen molar-refractivity contribution in [3.05, 3.63) is 67.1 Å². The lowest BCUT2D eigenvalue weighted by Crippen LogP contribution is -1.83. The lowest BCUT2D eigenvalue weighted by atomic mass is 10.1. The van der Waals surface area contributed by atoms with Gasteiger partial charge in [0.25, 0.3) is 0 Å². The molecule has 0 fully saturated rings. The van der Waals surface area contributed by atoms with Crippen LogP contribution in [0.2, 0.25) is 0 Å². The van der Waals surface area contributed by atoms with Crippen molar-refractivity contribution < 1.29 is 4.42 Å². The van der Waals surface area contributed by atoms with Gasteiger partial charge in [0.05, 0.1) is 6.26 Å². The molecule has 0 saturated carbocycles. The number of aromatic nitrogens is 1. The normalized spacial score (nSPS) is 10.4. The van der Waals surface area contributed by atoms with E-state index in [0.29, 0.717) is 0 Å². The molecule has 0 aliphatic rings. The van der Waals surface area contributed by atoms with Crippen LogP contribution < -0.4 is 0 Å². The molecule has 0 aliphatic heterocycles. The van der Waals surface area contributed by atoms with Gasteiger partial charge in [-0.05, 0) is 23.8 Å². The Hall–Kier alpha value is -2.35. The van der Waals surface area contributed by atoms with Crippen LogP contribution in [0.3, 0.4) is 0 Å². The molecule has 2 nitrogen and oxygen atoms in total. The zero-order valence-corrected chi connectivity index (χ0v) is 9.21. The molecular weight excluding hydrogens is 210 g/mol. The minimum Gasteiger partial charge on any atom is -0.463 e. The van der Waals surface area contributed by atoms with E-state index in [2.05, 4.69) is 23.2 Å². The van der Waals surface area contributed by atoms with E-state index >= 15 is 0 Å². The van der Waals surface area contributed by atoms with Crippen molar-refractivity contribution in [1.29, 1.82) is 0 Å². The Balaban J connectivity index is 1.96. The van der Waals surface area contributed by atoms with E-state index < -0.39 is 0 Å². The summed E-state index contributed by atoms with van der Waals surface area (Å²) < 4.78 is 5.30. The Morgan fingerprint density at radius 3 is 2.29 bits per heavy atom. The first-order valence-electron chi connectivity index (χ1n) is 5.49. The van der Waals surface area contributed by atoms with Gasteiger partial charge in [-0.15, -0.1) is 0 Å². The minimum atomic E-state index is 0.796. The molecule has 0 atom stereocenters. The molecule has 0 aliphatic carbocycles. The van der Waals surface area contributed by atoms with Gasteiger partial charge in [0.1, 0.15) is 5.69 Å². The maximum atomic E-state index is 5.30. The molecule has 2 aromatic heterocycles. The van der Waals surface area contributed by atoms with Crippen LogP contribution in [-0.4, -0.2) is 4.98 Å². The van der Waals surface area contributed by atoms with Crippen LogP contribution in [0.5, 0.6) is 0 Å². The Morgan fingerprint density at radius 1 is 0.765 bits per heavy atom. The highest BCUT2D eigenvalue weighted by molar-refractivity contribution is 5.64. The summed E-state index contributed by atoms with van der Waals surface area (Å²) >= 11 is 0. The van der Waals surface area contributed by atoms with Crippen molar-refractivity contribution in [3.63, 3.8) is 0 Å². The van der Waals surface area contributed by atoms with Crippen molar-refractivity contribution in [2.75, 3.05) is 0 Å². The minimum absolute atomic E-state index is 0.796. The lowest BCUT2D eigenvalue weighted by Gasteiger charge is -2.01. The fraction of sp³-hybridized carbons (Fsp3) is 0. The number of nitrogens with zero attached hydrogens (tertiary/aromatic N) is 1. The largest absolute Gasteiger partial charge is 0.463 e. The van der Waals surface area contributed by atoms with Crippen molar-refractivity contribution in [2.45, 2.75) is 0 Å².